The van der Waals surface area contributed by atoms with Crippen LogP contribution in [0.25, 0.3) is 0 Å². The molecule has 5 aliphatic carbocycles. The number of fused-ring (bicyclic) bond motifs is 1. The zero-order valence-electron chi connectivity index (χ0n) is 11.6. The second kappa shape index (κ2) is 3.53. The van der Waals surface area contributed by atoms with E-state index in [2.05, 4.69) is 4.90 Å². The van der Waals surface area contributed by atoms with Crippen molar-refractivity contribution in [2.75, 3.05) is 6.54 Å². The van der Waals surface area contributed by atoms with E-state index in [4.69, 9.17) is 0 Å². The summed E-state index contributed by atoms with van der Waals surface area (Å²) in [5.74, 6) is 4.48. The van der Waals surface area contributed by atoms with Gasteiger partial charge in [0.1, 0.15) is 0 Å². The third kappa shape index (κ3) is 1.32. The highest BCUT2D eigenvalue weighted by atomic mass is 15.3. The summed E-state index contributed by atoms with van der Waals surface area (Å²) < 4.78 is 0. The normalized spacial score (nSPS) is 58.3. The first-order valence-corrected chi connectivity index (χ1v) is 8.59. The lowest BCUT2D eigenvalue weighted by atomic mass is 9.51. The Kier molecular flexibility index (Phi) is 2.10. The van der Waals surface area contributed by atoms with Crippen molar-refractivity contribution in [2.24, 2.45) is 23.7 Å². The quantitative estimate of drug-likeness (QED) is 0.678. The molecule has 0 unspecified atom stereocenters. The molecule has 5 saturated carbocycles. The lowest BCUT2D eigenvalue weighted by Gasteiger charge is -2.67. The number of hydrogen-bond acceptors (Lipinski definition) is 1. The first kappa shape index (κ1) is 10.7. The van der Waals surface area contributed by atoms with Gasteiger partial charge in [-0.1, -0.05) is 12.8 Å². The highest BCUT2D eigenvalue weighted by Crippen LogP contribution is 2.60. The molecular formula is C17H27N. The molecule has 1 heterocycles. The van der Waals surface area contributed by atoms with E-state index in [0.717, 1.165) is 29.7 Å². The van der Waals surface area contributed by atoms with E-state index in [1.54, 1.807) is 44.9 Å². The van der Waals surface area contributed by atoms with Gasteiger partial charge in [0, 0.05) is 18.1 Å². The molecule has 0 radical (unpaired) electrons. The van der Waals surface area contributed by atoms with E-state index in [1.165, 1.54) is 25.8 Å². The van der Waals surface area contributed by atoms with Crippen molar-refractivity contribution in [2.45, 2.75) is 75.8 Å². The van der Waals surface area contributed by atoms with Gasteiger partial charge in [-0.2, -0.15) is 0 Å². The van der Waals surface area contributed by atoms with Crippen molar-refractivity contribution in [3.05, 3.63) is 0 Å². The summed E-state index contributed by atoms with van der Waals surface area (Å²) in [6.07, 6.45) is 15.7. The third-order valence-corrected chi connectivity index (χ3v) is 7.32. The molecule has 4 bridgehead atoms. The van der Waals surface area contributed by atoms with Crippen molar-refractivity contribution in [3.8, 4) is 0 Å². The highest BCUT2D eigenvalue weighted by Gasteiger charge is 2.58. The Morgan fingerprint density at radius 2 is 1.39 bits per heavy atom. The van der Waals surface area contributed by atoms with Gasteiger partial charge in [0.05, 0.1) is 0 Å². The van der Waals surface area contributed by atoms with E-state index in [-0.39, 0.29) is 0 Å². The first-order chi connectivity index (χ1) is 8.82. The van der Waals surface area contributed by atoms with Crippen molar-refractivity contribution in [3.63, 3.8) is 0 Å². The summed E-state index contributed by atoms with van der Waals surface area (Å²) in [6, 6.07) is 1.02. The Morgan fingerprint density at radius 1 is 0.778 bits per heavy atom. The average molecular weight is 245 g/mol. The molecule has 1 saturated heterocycles. The van der Waals surface area contributed by atoms with Gasteiger partial charge in [0.2, 0.25) is 0 Å². The van der Waals surface area contributed by atoms with E-state index in [9.17, 15) is 0 Å². The fourth-order valence-electron chi connectivity index (χ4n) is 7.02. The van der Waals surface area contributed by atoms with E-state index >= 15 is 0 Å². The van der Waals surface area contributed by atoms with Crippen LogP contribution in [0.15, 0.2) is 0 Å². The highest BCUT2D eigenvalue weighted by molar-refractivity contribution is 5.12. The topological polar surface area (TPSA) is 3.24 Å². The summed E-state index contributed by atoms with van der Waals surface area (Å²) in [4.78, 5) is 3.04. The molecule has 6 rings (SSSR count). The largest absolute Gasteiger partial charge is 0.294 e. The number of hydrogen-bond donors (Lipinski definition) is 0. The number of likely N-dealkylation sites (tertiary alicyclic amines) is 1. The Bertz CT molecular complexity index is 325. The standard InChI is InChI=1S/C17H27N/c1-2-4-16-15(3-1)11-18(16)17-8-12-5-13(9-17)7-14(6-12)10-17/h12-16H,1-11H2/t12?,13?,14?,15-,16+,17?/m1/s1. The van der Waals surface area contributed by atoms with Gasteiger partial charge >= 0.3 is 0 Å². The Hall–Kier alpha value is -0.0400. The summed E-state index contributed by atoms with van der Waals surface area (Å²) in [5, 5.41) is 0. The smallest absolute Gasteiger partial charge is 0.0220 e. The SMILES string of the molecule is C1CC[C@H]2[C@H](C1)CN2C12CC3CC(CC(C3)C1)C2. The van der Waals surface area contributed by atoms with Crippen LogP contribution in [0.3, 0.4) is 0 Å². The molecule has 1 aliphatic heterocycles. The Balaban J connectivity index is 1.43. The molecule has 0 spiro atoms. The van der Waals surface area contributed by atoms with Crippen LogP contribution in [0.2, 0.25) is 0 Å². The van der Waals surface area contributed by atoms with Gasteiger partial charge in [-0.15, -0.1) is 0 Å². The number of nitrogens with zero attached hydrogens (tertiary/aromatic N) is 1. The van der Waals surface area contributed by atoms with Gasteiger partial charge in [0.15, 0.2) is 0 Å². The minimum Gasteiger partial charge on any atom is -0.294 e. The fraction of sp³-hybridized carbons (Fsp3) is 1.00. The summed E-state index contributed by atoms with van der Waals surface area (Å²) in [6.45, 7) is 1.48. The van der Waals surface area contributed by atoms with Gasteiger partial charge in [0.25, 0.3) is 0 Å². The zero-order chi connectivity index (χ0) is 11.7. The van der Waals surface area contributed by atoms with Crippen molar-refractivity contribution in [1.82, 2.24) is 4.90 Å². The van der Waals surface area contributed by atoms with Crippen LogP contribution in [0.4, 0.5) is 0 Å². The maximum atomic E-state index is 3.04. The Morgan fingerprint density at radius 3 is 2.00 bits per heavy atom. The summed E-state index contributed by atoms with van der Waals surface area (Å²) in [7, 11) is 0. The van der Waals surface area contributed by atoms with Crippen LogP contribution in [-0.2, 0) is 0 Å². The van der Waals surface area contributed by atoms with Crippen LogP contribution in [0, 0.1) is 23.7 Å². The molecule has 0 aromatic heterocycles. The second-order valence-corrected chi connectivity index (χ2v) is 8.41. The molecule has 1 heteroatoms. The molecule has 6 fully saturated rings. The molecule has 2 atom stereocenters. The fourth-order valence-corrected chi connectivity index (χ4v) is 7.02. The van der Waals surface area contributed by atoms with Crippen LogP contribution in [0.5, 0.6) is 0 Å². The summed E-state index contributed by atoms with van der Waals surface area (Å²) in [5.41, 5.74) is 0.716. The number of rotatable bonds is 1. The summed E-state index contributed by atoms with van der Waals surface area (Å²) >= 11 is 0. The van der Waals surface area contributed by atoms with Gasteiger partial charge < -0.3 is 0 Å². The van der Waals surface area contributed by atoms with Crippen molar-refractivity contribution in [1.29, 1.82) is 0 Å². The molecular weight excluding hydrogens is 218 g/mol. The predicted octanol–water partition coefficient (Wildman–Crippen LogP) is 3.83. The molecule has 100 valence electrons. The molecule has 0 N–H and O–H groups in total. The van der Waals surface area contributed by atoms with E-state index in [0.29, 0.717) is 5.54 Å². The maximum absolute atomic E-state index is 3.04. The van der Waals surface area contributed by atoms with Crippen molar-refractivity contribution < 1.29 is 0 Å². The molecule has 6 aliphatic rings. The van der Waals surface area contributed by atoms with Crippen LogP contribution in [-0.4, -0.2) is 23.0 Å². The molecule has 0 amide bonds. The van der Waals surface area contributed by atoms with E-state index in [1.807, 2.05) is 0 Å². The van der Waals surface area contributed by atoms with Crippen molar-refractivity contribution >= 4 is 0 Å². The average Bonchev–Trinajstić information content (AvgIpc) is 2.28. The van der Waals surface area contributed by atoms with Gasteiger partial charge in [-0.25, -0.2) is 0 Å². The molecule has 0 aromatic rings. The predicted molar refractivity (Wildman–Crippen MR) is 73.4 cm³/mol. The molecule has 18 heavy (non-hydrogen) atoms. The van der Waals surface area contributed by atoms with Crippen LogP contribution >= 0.6 is 0 Å². The van der Waals surface area contributed by atoms with Gasteiger partial charge in [-0.05, 0) is 75.0 Å². The van der Waals surface area contributed by atoms with Crippen LogP contribution in [0.1, 0.15) is 64.2 Å². The van der Waals surface area contributed by atoms with Gasteiger partial charge in [-0.3, -0.25) is 4.90 Å². The lowest BCUT2D eigenvalue weighted by molar-refractivity contribution is -0.167. The minimum atomic E-state index is 0.716. The van der Waals surface area contributed by atoms with Crippen LogP contribution < -0.4 is 0 Å². The zero-order valence-corrected chi connectivity index (χ0v) is 11.6. The molecule has 1 nitrogen and oxygen atoms in total. The third-order valence-electron chi connectivity index (χ3n) is 7.32. The van der Waals surface area contributed by atoms with E-state index < -0.39 is 0 Å². The first-order valence-electron chi connectivity index (χ1n) is 8.59. The second-order valence-electron chi connectivity index (χ2n) is 8.41. The molecule has 0 aromatic carbocycles. The monoisotopic (exact) mass is 245 g/mol. The Labute approximate surface area is 111 Å². The maximum Gasteiger partial charge on any atom is 0.0220 e. The minimum absolute atomic E-state index is 0.716. The lowest BCUT2D eigenvalue weighted by Crippen LogP contribution is -2.70.